The first-order valence-electron chi connectivity index (χ1n) is 7.58. The van der Waals surface area contributed by atoms with Crippen LogP contribution < -0.4 is 5.73 Å². The third kappa shape index (κ3) is 7.63. The van der Waals surface area contributed by atoms with Crippen molar-refractivity contribution < 1.29 is 62.5 Å². The lowest BCUT2D eigenvalue weighted by Gasteiger charge is -2.45. The molecule has 19 heteroatoms. The Hall–Kier alpha value is 0.480. The molecule has 0 heterocycles. The maximum Gasteiger partial charge on any atom is 0.358 e. The molecule has 15 nitrogen and oxygen atoms in total. The summed E-state index contributed by atoms with van der Waals surface area (Å²) < 4.78 is 46.4. The van der Waals surface area contributed by atoms with Crippen LogP contribution in [0.3, 0.4) is 0 Å². The van der Waals surface area contributed by atoms with Crippen molar-refractivity contribution >= 4 is 30.4 Å². The Morgan fingerprint density at radius 2 is 1.21 bits per heavy atom. The molecule has 0 bridgehead atoms. The first-order chi connectivity index (χ1) is 12.3. The number of nitrogens with zero attached hydrogens (tertiary/aromatic N) is 1. The van der Waals surface area contributed by atoms with Gasteiger partial charge in [-0.05, 0) is 25.9 Å². The molecule has 0 saturated carbocycles. The molecule has 0 aromatic carbocycles. The maximum atomic E-state index is 11.7. The molecule has 172 valence electrons. The topological polar surface area (TPSA) is 280 Å². The maximum absolute atomic E-state index is 11.7. The van der Waals surface area contributed by atoms with Crippen molar-refractivity contribution in [3.8, 4) is 0 Å². The van der Waals surface area contributed by atoms with Crippen LogP contribution in [0.4, 0.5) is 0 Å². The zero-order valence-corrected chi connectivity index (χ0v) is 18.7. The molecule has 0 aliphatic heterocycles. The normalized spacial score (nSPS) is 14.2. The van der Waals surface area contributed by atoms with Crippen LogP contribution in [0.5, 0.6) is 0 Å². The highest BCUT2D eigenvalue weighted by Crippen LogP contribution is 2.75. The third-order valence-corrected chi connectivity index (χ3v) is 11.6. The van der Waals surface area contributed by atoms with Crippen LogP contribution in [0, 0.1) is 0 Å². The quantitative estimate of drug-likeness (QED) is 0.157. The van der Waals surface area contributed by atoms with Crippen molar-refractivity contribution in [3.05, 3.63) is 0 Å². The van der Waals surface area contributed by atoms with Crippen molar-refractivity contribution in [3.63, 3.8) is 0 Å². The number of rotatable bonds is 10. The van der Waals surface area contributed by atoms with E-state index >= 15 is 0 Å². The lowest BCUT2D eigenvalue weighted by molar-refractivity contribution is 0.144. The van der Waals surface area contributed by atoms with E-state index < -0.39 is 53.9 Å². The molecule has 0 unspecified atom stereocenters. The van der Waals surface area contributed by atoms with Gasteiger partial charge in [-0.2, -0.15) is 0 Å². The molecule has 28 heavy (non-hydrogen) atoms. The highest BCUT2D eigenvalue weighted by atomic mass is 31.2. The largest absolute Gasteiger partial charge is 0.396 e. The highest BCUT2D eigenvalue weighted by Gasteiger charge is 2.68. The zero-order chi connectivity index (χ0) is 23.2. The summed E-state index contributed by atoms with van der Waals surface area (Å²) in [6.45, 7) is 1.82. The van der Waals surface area contributed by atoms with Crippen LogP contribution in [0.2, 0.25) is 0 Å². The van der Waals surface area contributed by atoms with E-state index in [1.54, 1.807) is 0 Å². The summed E-state index contributed by atoms with van der Waals surface area (Å²) in [5.74, 6) is 0. The van der Waals surface area contributed by atoms with Crippen LogP contribution >= 0.6 is 30.4 Å². The highest BCUT2D eigenvalue weighted by molar-refractivity contribution is 7.73. The molecule has 0 rings (SSSR count). The Balaban J connectivity index is 0. The lowest BCUT2D eigenvalue weighted by atomic mass is 10.4. The predicted molar refractivity (Wildman–Crippen MR) is 98.1 cm³/mol. The predicted octanol–water partition coefficient (Wildman–Crippen LogP) is -1.31. The monoisotopic (exact) mass is 496 g/mol. The van der Waals surface area contributed by atoms with Crippen molar-refractivity contribution in [2.24, 2.45) is 5.73 Å². The minimum atomic E-state index is -5.82. The van der Waals surface area contributed by atoms with Crippen LogP contribution in [-0.4, -0.2) is 79.4 Å². The smallest absolute Gasteiger partial charge is 0.358 e. The van der Waals surface area contributed by atoms with E-state index in [9.17, 15) is 57.4 Å². The second-order valence-corrected chi connectivity index (χ2v) is 13.1. The summed E-state index contributed by atoms with van der Waals surface area (Å²) in [6, 6.07) is 0. The fourth-order valence-corrected chi connectivity index (χ4v) is 9.11. The van der Waals surface area contributed by atoms with Crippen molar-refractivity contribution in [2.45, 2.75) is 37.2 Å². The van der Waals surface area contributed by atoms with Gasteiger partial charge in [-0.25, -0.2) is 0 Å². The van der Waals surface area contributed by atoms with Gasteiger partial charge in [0.1, 0.15) is 0 Å². The average Bonchev–Trinajstić information content (AvgIpc) is 2.42. The second-order valence-electron chi connectivity index (χ2n) is 5.39. The summed E-state index contributed by atoms with van der Waals surface area (Å²) in [5, 5.41) is 4.49. The Morgan fingerprint density at radius 3 is 1.32 bits per heavy atom. The van der Waals surface area contributed by atoms with Gasteiger partial charge in [0.25, 0.3) is 0 Å². The zero-order valence-electron chi connectivity index (χ0n) is 15.1. The summed E-state index contributed by atoms with van der Waals surface area (Å²) >= 11 is 0. The van der Waals surface area contributed by atoms with Crippen molar-refractivity contribution in [1.82, 2.24) is 4.90 Å². The van der Waals surface area contributed by atoms with Crippen LogP contribution in [0.15, 0.2) is 0 Å². The molecule has 0 saturated heterocycles. The van der Waals surface area contributed by atoms with Gasteiger partial charge in [-0.15, -0.1) is 0 Å². The Bertz CT molecular complexity index is 617. The van der Waals surface area contributed by atoms with Crippen LogP contribution in [0.1, 0.15) is 26.7 Å². The number of hydrogen-bond donors (Lipinski definition) is 10. The molecule has 0 spiro atoms. The van der Waals surface area contributed by atoms with Crippen molar-refractivity contribution in [2.75, 3.05) is 19.7 Å². The van der Waals surface area contributed by atoms with Crippen molar-refractivity contribution in [1.29, 1.82) is 0 Å². The third-order valence-electron chi connectivity index (χ3n) is 3.45. The van der Waals surface area contributed by atoms with Gasteiger partial charge >= 0.3 is 30.4 Å². The SMILES string of the molecule is CCN(C(P(=O)(O)O)P(=O)(O)O)C(CC)(P(=O)(O)O)P(=O)(O)O.NCCCO. The molecule has 0 radical (unpaired) electrons. The minimum Gasteiger partial charge on any atom is -0.396 e. The lowest BCUT2D eigenvalue weighted by Crippen LogP contribution is -2.52. The van der Waals surface area contributed by atoms with E-state index in [1.165, 1.54) is 0 Å². The molecule has 0 fully saturated rings. The van der Waals surface area contributed by atoms with Gasteiger partial charge in [0.2, 0.25) is 10.5 Å². The van der Waals surface area contributed by atoms with E-state index in [2.05, 4.69) is 0 Å². The standard InChI is InChI=1S/C6H19NO12P4.C3H9NO/c1-3-6(22(14,15)16,23(17,18)19)7(4-2)5(20(8,9)10)21(11,12)13;4-2-1-3-5/h5H,3-4H2,1-2H3,(H2,8,9,10)(H2,11,12,13)(H2,14,15,16)(H2,17,18,19);5H,1-4H2. The van der Waals surface area contributed by atoms with E-state index in [-0.39, 0.29) is 11.5 Å². The van der Waals surface area contributed by atoms with Gasteiger partial charge in [0.15, 0.2) is 0 Å². The molecule has 0 aromatic rings. The first kappa shape index (κ1) is 30.7. The second kappa shape index (κ2) is 11.2. The summed E-state index contributed by atoms with van der Waals surface area (Å²) in [5.41, 5.74) is 1.85. The molecule has 0 atom stereocenters. The minimum absolute atomic E-state index is 0.184. The van der Waals surface area contributed by atoms with E-state index in [0.29, 0.717) is 6.54 Å². The fourth-order valence-electron chi connectivity index (χ4n) is 2.37. The fraction of sp³-hybridized carbons (Fsp3) is 1.00. The number of aliphatic hydroxyl groups excluding tert-OH is 1. The summed E-state index contributed by atoms with van der Waals surface area (Å²) in [4.78, 5) is 74.2. The van der Waals surface area contributed by atoms with Crippen LogP contribution in [0.25, 0.3) is 0 Å². The first-order valence-corrected chi connectivity index (χ1v) is 14.2. The Kier molecular flexibility index (Phi) is 12.3. The number of nitrogens with two attached hydrogens (primary N) is 1. The summed E-state index contributed by atoms with van der Waals surface area (Å²) in [6.07, 6.45) is -0.314. The van der Waals surface area contributed by atoms with E-state index in [0.717, 1.165) is 20.3 Å². The van der Waals surface area contributed by atoms with E-state index in [4.69, 9.17) is 10.8 Å². The van der Waals surface area contributed by atoms with Gasteiger partial charge in [0.05, 0.1) is 0 Å². The molecule has 0 amide bonds. The number of hydrogen-bond acceptors (Lipinski definition) is 7. The summed E-state index contributed by atoms with van der Waals surface area (Å²) in [7, 11) is -23.1. The molecule has 0 aliphatic carbocycles. The average molecular weight is 496 g/mol. The van der Waals surface area contributed by atoms with Gasteiger partial charge in [0, 0.05) is 6.61 Å². The van der Waals surface area contributed by atoms with Gasteiger partial charge in [-0.1, -0.05) is 13.8 Å². The number of aliphatic hydroxyl groups is 1. The molecule has 0 aliphatic rings. The molecule has 0 aromatic heterocycles. The Labute approximate surface area is 161 Å². The van der Waals surface area contributed by atoms with E-state index in [1.807, 2.05) is 0 Å². The molecule has 11 N–H and O–H groups in total. The molecular formula is C9H28N2O13P4. The van der Waals surface area contributed by atoms with Gasteiger partial charge < -0.3 is 50.0 Å². The molecular weight excluding hydrogens is 468 g/mol. The Morgan fingerprint density at radius 1 is 0.857 bits per heavy atom. The van der Waals surface area contributed by atoms with Crippen LogP contribution in [-0.2, 0) is 18.3 Å². The van der Waals surface area contributed by atoms with Gasteiger partial charge in [-0.3, -0.25) is 23.2 Å².